The molecule has 2 aliphatic rings. The van der Waals surface area contributed by atoms with Crippen molar-refractivity contribution in [2.75, 3.05) is 25.1 Å². The van der Waals surface area contributed by atoms with Crippen LogP contribution in [0.3, 0.4) is 0 Å². The molecule has 2 fully saturated rings. The van der Waals surface area contributed by atoms with E-state index < -0.39 is 0 Å². The van der Waals surface area contributed by atoms with Crippen molar-refractivity contribution in [2.45, 2.75) is 44.4 Å². The highest BCUT2D eigenvalue weighted by Gasteiger charge is 2.21. The van der Waals surface area contributed by atoms with E-state index in [9.17, 15) is 4.39 Å². The van der Waals surface area contributed by atoms with Crippen molar-refractivity contribution in [1.82, 2.24) is 5.32 Å². The molecule has 1 saturated heterocycles. The molecule has 0 aromatic heterocycles. The molecule has 1 unspecified atom stereocenters. The molecule has 3 nitrogen and oxygen atoms in total. The summed E-state index contributed by atoms with van der Waals surface area (Å²) in [5.41, 5.74) is 1.96. The maximum atomic E-state index is 13.8. The normalized spacial score (nSPS) is 22.2. The van der Waals surface area contributed by atoms with E-state index >= 15 is 0 Å². The van der Waals surface area contributed by atoms with Gasteiger partial charge in [-0.05, 0) is 49.4 Å². The van der Waals surface area contributed by atoms with Crippen LogP contribution < -0.4 is 10.2 Å². The second kappa shape index (κ2) is 6.10. The Labute approximate surface area is 120 Å². The zero-order chi connectivity index (χ0) is 13.9. The molecule has 0 bridgehead atoms. The van der Waals surface area contributed by atoms with Gasteiger partial charge in [-0.1, -0.05) is 0 Å². The summed E-state index contributed by atoms with van der Waals surface area (Å²) in [4.78, 5) is 2.10. The summed E-state index contributed by atoms with van der Waals surface area (Å²) >= 11 is 0. The number of hydrogen-bond donors (Lipinski definition) is 1. The first-order chi connectivity index (χ1) is 9.70. The average molecular weight is 278 g/mol. The third-order valence-electron chi connectivity index (χ3n) is 4.06. The molecule has 4 heteroatoms. The number of benzene rings is 1. The Kier molecular flexibility index (Phi) is 4.22. The molecule has 3 rings (SSSR count). The Morgan fingerprint density at radius 3 is 2.85 bits per heavy atom. The first kappa shape index (κ1) is 13.8. The highest BCUT2D eigenvalue weighted by Crippen LogP contribution is 2.23. The molecule has 0 radical (unpaired) electrons. The van der Waals surface area contributed by atoms with Crippen molar-refractivity contribution in [3.8, 4) is 0 Å². The minimum Gasteiger partial charge on any atom is -0.376 e. The molecule has 1 saturated carbocycles. The van der Waals surface area contributed by atoms with Gasteiger partial charge in [0.15, 0.2) is 0 Å². The molecule has 1 aromatic rings. The summed E-state index contributed by atoms with van der Waals surface area (Å²) in [7, 11) is 2.01. The molecule has 1 aliphatic carbocycles. The van der Waals surface area contributed by atoms with Gasteiger partial charge in [-0.25, -0.2) is 4.39 Å². The van der Waals surface area contributed by atoms with E-state index in [2.05, 4.69) is 16.3 Å². The molecule has 110 valence electrons. The smallest absolute Gasteiger partial charge is 0.125 e. The number of hydrogen-bond acceptors (Lipinski definition) is 3. The van der Waals surface area contributed by atoms with E-state index in [4.69, 9.17) is 4.74 Å². The van der Waals surface area contributed by atoms with Crippen LogP contribution in [0.5, 0.6) is 0 Å². The topological polar surface area (TPSA) is 24.5 Å². The molecule has 20 heavy (non-hydrogen) atoms. The minimum absolute atomic E-state index is 0.158. The average Bonchev–Trinajstić information content (AvgIpc) is 3.12. The standard InChI is InChI=1S/C16H23FN2O/c1-19(11-16-3-2-6-20-16)15-8-12(7-13(17)9-15)10-18-14-4-5-14/h7-9,14,16,18H,2-6,10-11H2,1H3. The van der Waals surface area contributed by atoms with E-state index in [-0.39, 0.29) is 11.9 Å². The molecule has 1 N–H and O–H groups in total. The summed E-state index contributed by atoms with van der Waals surface area (Å²) in [5, 5.41) is 3.43. The van der Waals surface area contributed by atoms with Gasteiger partial charge >= 0.3 is 0 Å². The Morgan fingerprint density at radius 1 is 1.30 bits per heavy atom. The van der Waals surface area contributed by atoms with E-state index in [1.54, 1.807) is 12.1 Å². The lowest BCUT2D eigenvalue weighted by Gasteiger charge is -2.23. The summed E-state index contributed by atoms with van der Waals surface area (Å²) < 4.78 is 19.4. The highest BCUT2D eigenvalue weighted by atomic mass is 19.1. The van der Waals surface area contributed by atoms with Crippen molar-refractivity contribution in [3.63, 3.8) is 0 Å². The maximum absolute atomic E-state index is 13.8. The summed E-state index contributed by atoms with van der Waals surface area (Å²) in [6.07, 6.45) is 5.03. The van der Waals surface area contributed by atoms with Gasteiger partial charge in [0.2, 0.25) is 0 Å². The zero-order valence-corrected chi connectivity index (χ0v) is 12.1. The minimum atomic E-state index is -0.158. The van der Waals surface area contributed by atoms with Crippen LogP contribution in [-0.2, 0) is 11.3 Å². The van der Waals surface area contributed by atoms with Gasteiger partial charge in [0.05, 0.1) is 6.10 Å². The lowest BCUT2D eigenvalue weighted by atomic mass is 10.1. The van der Waals surface area contributed by atoms with Gasteiger partial charge in [0.1, 0.15) is 5.82 Å². The van der Waals surface area contributed by atoms with Crippen LogP contribution in [0.2, 0.25) is 0 Å². The lowest BCUT2D eigenvalue weighted by molar-refractivity contribution is 0.116. The number of nitrogens with zero attached hydrogens (tertiary/aromatic N) is 1. The fraction of sp³-hybridized carbons (Fsp3) is 0.625. The fourth-order valence-electron chi connectivity index (χ4n) is 2.70. The number of ether oxygens (including phenoxy) is 1. The monoisotopic (exact) mass is 278 g/mol. The molecule has 1 aromatic carbocycles. The largest absolute Gasteiger partial charge is 0.376 e. The number of likely N-dealkylation sites (N-methyl/N-ethyl adjacent to an activating group) is 1. The third kappa shape index (κ3) is 3.70. The Morgan fingerprint density at radius 2 is 2.15 bits per heavy atom. The molecule has 1 atom stereocenters. The van der Waals surface area contributed by atoms with E-state index in [1.165, 1.54) is 12.8 Å². The van der Waals surface area contributed by atoms with Gasteiger partial charge in [0, 0.05) is 38.5 Å². The van der Waals surface area contributed by atoms with Gasteiger partial charge in [0.25, 0.3) is 0 Å². The van der Waals surface area contributed by atoms with Gasteiger partial charge < -0.3 is 15.0 Å². The van der Waals surface area contributed by atoms with Crippen LogP contribution in [0.25, 0.3) is 0 Å². The molecule has 0 spiro atoms. The lowest BCUT2D eigenvalue weighted by Crippen LogP contribution is -2.28. The summed E-state index contributed by atoms with van der Waals surface area (Å²) in [6, 6.07) is 5.95. The van der Waals surface area contributed by atoms with Crippen molar-refractivity contribution in [2.24, 2.45) is 0 Å². The van der Waals surface area contributed by atoms with E-state index in [0.29, 0.717) is 6.04 Å². The molecular formula is C16H23FN2O. The van der Waals surface area contributed by atoms with Crippen molar-refractivity contribution in [1.29, 1.82) is 0 Å². The SMILES string of the molecule is CN(CC1CCCO1)c1cc(F)cc(CNC2CC2)c1. The van der Waals surface area contributed by atoms with Gasteiger partial charge in [-0.15, -0.1) is 0 Å². The highest BCUT2D eigenvalue weighted by molar-refractivity contribution is 5.48. The van der Waals surface area contributed by atoms with E-state index in [0.717, 1.165) is 43.8 Å². The van der Waals surface area contributed by atoms with Crippen molar-refractivity contribution < 1.29 is 9.13 Å². The molecule has 1 aliphatic heterocycles. The Bertz CT molecular complexity index is 456. The quantitative estimate of drug-likeness (QED) is 0.866. The Balaban J connectivity index is 1.63. The number of nitrogens with one attached hydrogen (secondary N) is 1. The molecule has 1 heterocycles. The van der Waals surface area contributed by atoms with Crippen LogP contribution in [0.1, 0.15) is 31.2 Å². The van der Waals surface area contributed by atoms with Crippen molar-refractivity contribution >= 4 is 5.69 Å². The number of anilines is 1. The van der Waals surface area contributed by atoms with Crippen LogP contribution in [0.15, 0.2) is 18.2 Å². The molecular weight excluding hydrogens is 255 g/mol. The zero-order valence-electron chi connectivity index (χ0n) is 12.1. The number of halogens is 1. The van der Waals surface area contributed by atoms with Crippen molar-refractivity contribution in [3.05, 3.63) is 29.6 Å². The number of rotatable bonds is 6. The predicted octanol–water partition coefficient (Wildman–Crippen LogP) is 2.69. The summed E-state index contributed by atoms with van der Waals surface area (Å²) in [6.45, 7) is 2.44. The van der Waals surface area contributed by atoms with Crippen LogP contribution in [0, 0.1) is 5.82 Å². The fourth-order valence-corrected chi connectivity index (χ4v) is 2.70. The first-order valence-electron chi connectivity index (χ1n) is 7.56. The van der Waals surface area contributed by atoms with Gasteiger partial charge in [-0.3, -0.25) is 0 Å². The predicted molar refractivity (Wildman–Crippen MR) is 78.5 cm³/mol. The third-order valence-corrected chi connectivity index (χ3v) is 4.06. The molecule has 0 amide bonds. The maximum Gasteiger partial charge on any atom is 0.125 e. The van der Waals surface area contributed by atoms with E-state index in [1.807, 2.05) is 7.05 Å². The van der Waals surface area contributed by atoms with Gasteiger partial charge in [-0.2, -0.15) is 0 Å². The van der Waals surface area contributed by atoms with Crippen LogP contribution >= 0.6 is 0 Å². The van der Waals surface area contributed by atoms with Crippen LogP contribution in [0.4, 0.5) is 10.1 Å². The second-order valence-electron chi connectivity index (χ2n) is 5.99. The summed E-state index contributed by atoms with van der Waals surface area (Å²) in [5.74, 6) is -0.158. The Hall–Kier alpha value is -1.13. The second-order valence-corrected chi connectivity index (χ2v) is 5.99. The first-order valence-corrected chi connectivity index (χ1v) is 7.56. The van der Waals surface area contributed by atoms with Crippen LogP contribution in [-0.4, -0.2) is 32.3 Å².